The molecule has 7 nitrogen and oxygen atoms in total. The minimum Gasteiger partial charge on any atom is -0.370 e. The number of benzene rings is 2. The first-order valence-corrected chi connectivity index (χ1v) is 10.4. The molecule has 0 aliphatic carbocycles. The van der Waals surface area contributed by atoms with E-state index in [9.17, 15) is 9.18 Å². The quantitative estimate of drug-likeness (QED) is 0.627. The molecule has 4 rings (SSSR count). The highest BCUT2D eigenvalue weighted by molar-refractivity contribution is 6.33. The summed E-state index contributed by atoms with van der Waals surface area (Å²) in [5.41, 5.74) is 2.17. The van der Waals surface area contributed by atoms with Gasteiger partial charge in [0.1, 0.15) is 5.82 Å². The summed E-state index contributed by atoms with van der Waals surface area (Å²) in [6.07, 6.45) is 1.15. The fourth-order valence-electron chi connectivity index (χ4n) is 3.59. The number of amides is 1. The van der Waals surface area contributed by atoms with Gasteiger partial charge in [0.2, 0.25) is 11.7 Å². The van der Waals surface area contributed by atoms with Crippen molar-refractivity contribution in [3.05, 3.63) is 64.8 Å². The summed E-state index contributed by atoms with van der Waals surface area (Å²) in [4.78, 5) is 21.2. The SMILES string of the molecule is CN(C)C1CCN(c2ccc(-c3noc(CNC(=O)c4ccc(F)cc4Cl)n3)cc2)C1. The zero-order valence-electron chi connectivity index (χ0n) is 17.3. The molecule has 2 heterocycles. The molecule has 1 aliphatic heterocycles. The van der Waals surface area contributed by atoms with Crippen LogP contribution >= 0.6 is 11.6 Å². The van der Waals surface area contributed by atoms with Crippen molar-refractivity contribution in [1.82, 2.24) is 20.4 Å². The lowest BCUT2D eigenvalue weighted by Gasteiger charge is -2.21. The molecule has 0 saturated carbocycles. The van der Waals surface area contributed by atoms with Crippen LogP contribution in [0, 0.1) is 5.82 Å². The van der Waals surface area contributed by atoms with Crippen molar-refractivity contribution in [2.45, 2.75) is 19.0 Å². The molecule has 9 heteroatoms. The van der Waals surface area contributed by atoms with Gasteiger partial charge in [-0.3, -0.25) is 4.79 Å². The average Bonchev–Trinajstić information content (AvgIpc) is 3.42. The lowest BCUT2D eigenvalue weighted by Crippen LogP contribution is -2.31. The van der Waals surface area contributed by atoms with Gasteiger partial charge in [-0.05, 0) is 63.0 Å². The number of aromatic nitrogens is 2. The van der Waals surface area contributed by atoms with Crippen molar-refractivity contribution in [1.29, 1.82) is 0 Å². The predicted molar refractivity (Wildman–Crippen MR) is 117 cm³/mol. The summed E-state index contributed by atoms with van der Waals surface area (Å²) in [5.74, 6) is -0.241. The number of hydrogen-bond donors (Lipinski definition) is 1. The Hall–Kier alpha value is -2.97. The third-order valence-corrected chi connectivity index (χ3v) is 5.74. The number of nitrogens with one attached hydrogen (secondary N) is 1. The number of halogens is 2. The van der Waals surface area contributed by atoms with Crippen molar-refractivity contribution in [2.24, 2.45) is 0 Å². The summed E-state index contributed by atoms with van der Waals surface area (Å²) < 4.78 is 18.4. The summed E-state index contributed by atoms with van der Waals surface area (Å²) in [6.45, 7) is 2.08. The van der Waals surface area contributed by atoms with Crippen molar-refractivity contribution in [3.63, 3.8) is 0 Å². The molecule has 1 atom stereocenters. The summed E-state index contributed by atoms with van der Waals surface area (Å²) in [7, 11) is 4.23. The van der Waals surface area contributed by atoms with Crippen molar-refractivity contribution >= 4 is 23.2 Å². The summed E-state index contributed by atoms with van der Waals surface area (Å²) in [5, 5.41) is 6.68. The van der Waals surface area contributed by atoms with Gasteiger partial charge in [-0.25, -0.2) is 4.39 Å². The molecule has 2 aromatic carbocycles. The van der Waals surface area contributed by atoms with Gasteiger partial charge in [0, 0.05) is 30.4 Å². The third-order valence-electron chi connectivity index (χ3n) is 5.43. The van der Waals surface area contributed by atoms with E-state index in [1.54, 1.807) is 0 Å². The van der Waals surface area contributed by atoms with Crippen LogP contribution in [0.15, 0.2) is 47.0 Å². The number of nitrogens with zero attached hydrogens (tertiary/aromatic N) is 4. The Balaban J connectivity index is 1.37. The Morgan fingerprint density at radius 3 is 2.74 bits per heavy atom. The number of anilines is 1. The number of likely N-dealkylation sites (N-methyl/N-ethyl adjacent to an activating group) is 1. The first-order valence-electron chi connectivity index (χ1n) is 9.98. The van der Waals surface area contributed by atoms with E-state index in [0.717, 1.165) is 31.1 Å². The lowest BCUT2D eigenvalue weighted by atomic mass is 10.2. The minimum absolute atomic E-state index is 0.0390. The number of carbonyl (C=O) groups is 1. The van der Waals surface area contributed by atoms with E-state index in [-0.39, 0.29) is 23.0 Å². The van der Waals surface area contributed by atoms with E-state index >= 15 is 0 Å². The highest BCUT2D eigenvalue weighted by Gasteiger charge is 2.24. The molecule has 1 aromatic heterocycles. The second-order valence-corrected chi connectivity index (χ2v) is 8.12. The smallest absolute Gasteiger partial charge is 0.253 e. The van der Waals surface area contributed by atoms with E-state index < -0.39 is 11.7 Å². The molecular formula is C22H23ClFN5O2. The predicted octanol–water partition coefficient (Wildman–Crippen LogP) is 3.60. The van der Waals surface area contributed by atoms with Gasteiger partial charge < -0.3 is 19.6 Å². The average molecular weight is 444 g/mol. The van der Waals surface area contributed by atoms with E-state index in [1.165, 1.54) is 17.8 Å². The second kappa shape index (κ2) is 9.03. The van der Waals surface area contributed by atoms with Crippen LogP contribution in [0.3, 0.4) is 0 Å². The Labute approximate surface area is 184 Å². The van der Waals surface area contributed by atoms with Crippen molar-refractivity contribution in [3.8, 4) is 11.4 Å². The Morgan fingerprint density at radius 1 is 1.29 bits per heavy atom. The van der Waals surface area contributed by atoms with Crippen molar-refractivity contribution in [2.75, 3.05) is 32.1 Å². The van der Waals surface area contributed by atoms with Crippen LogP contribution in [0.5, 0.6) is 0 Å². The zero-order valence-corrected chi connectivity index (χ0v) is 18.1. The Kier molecular flexibility index (Phi) is 6.20. The monoisotopic (exact) mass is 443 g/mol. The van der Waals surface area contributed by atoms with Gasteiger partial charge in [-0.15, -0.1) is 0 Å². The van der Waals surface area contributed by atoms with Gasteiger partial charge in [0.25, 0.3) is 5.91 Å². The van der Waals surface area contributed by atoms with E-state index in [4.69, 9.17) is 16.1 Å². The van der Waals surface area contributed by atoms with E-state index in [1.807, 2.05) is 12.1 Å². The van der Waals surface area contributed by atoms with Crippen LogP contribution in [0.2, 0.25) is 5.02 Å². The standard InChI is InChI=1S/C22H23ClFN5O2/c1-28(2)17-9-10-29(13-17)16-6-3-14(4-7-16)21-26-20(31-27-21)12-25-22(30)18-8-5-15(24)11-19(18)23/h3-8,11,17H,9-10,12-13H2,1-2H3,(H,25,30). The van der Waals surface area contributed by atoms with Crippen LogP contribution in [-0.4, -0.2) is 54.2 Å². The molecule has 1 N–H and O–H groups in total. The van der Waals surface area contributed by atoms with Crippen LogP contribution in [-0.2, 0) is 6.54 Å². The molecule has 162 valence electrons. The molecular weight excluding hydrogens is 421 g/mol. The first kappa shape index (κ1) is 21.3. The third kappa shape index (κ3) is 4.86. The van der Waals surface area contributed by atoms with Gasteiger partial charge in [0.15, 0.2) is 0 Å². The zero-order chi connectivity index (χ0) is 22.0. The van der Waals surface area contributed by atoms with Crippen LogP contribution in [0.1, 0.15) is 22.7 Å². The Bertz CT molecular complexity index is 1070. The molecule has 0 radical (unpaired) electrons. The topological polar surface area (TPSA) is 74.5 Å². The van der Waals surface area contributed by atoms with E-state index in [0.29, 0.717) is 11.9 Å². The minimum atomic E-state index is -0.503. The molecule has 1 amide bonds. The van der Waals surface area contributed by atoms with Crippen LogP contribution in [0.25, 0.3) is 11.4 Å². The molecule has 1 saturated heterocycles. The molecule has 1 aliphatic rings. The van der Waals surface area contributed by atoms with Crippen LogP contribution < -0.4 is 10.2 Å². The highest BCUT2D eigenvalue weighted by Crippen LogP contribution is 2.25. The Morgan fingerprint density at radius 2 is 2.06 bits per heavy atom. The van der Waals surface area contributed by atoms with Gasteiger partial charge >= 0.3 is 0 Å². The molecule has 1 unspecified atom stereocenters. The normalized spacial score (nSPS) is 16.2. The van der Waals surface area contributed by atoms with Crippen LogP contribution in [0.4, 0.5) is 10.1 Å². The summed E-state index contributed by atoms with van der Waals surface area (Å²) >= 11 is 5.92. The van der Waals surface area contributed by atoms with E-state index in [2.05, 4.69) is 51.5 Å². The molecule has 31 heavy (non-hydrogen) atoms. The maximum Gasteiger partial charge on any atom is 0.253 e. The fourth-order valence-corrected chi connectivity index (χ4v) is 3.84. The van der Waals surface area contributed by atoms with Gasteiger partial charge in [-0.1, -0.05) is 16.8 Å². The first-order chi connectivity index (χ1) is 14.9. The lowest BCUT2D eigenvalue weighted by molar-refractivity contribution is 0.0946. The number of hydrogen-bond acceptors (Lipinski definition) is 6. The molecule has 0 spiro atoms. The largest absolute Gasteiger partial charge is 0.370 e. The van der Waals surface area contributed by atoms with Crippen molar-refractivity contribution < 1.29 is 13.7 Å². The fraction of sp³-hybridized carbons (Fsp3) is 0.318. The summed E-state index contributed by atoms with van der Waals surface area (Å²) in [6, 6.07) is 12.2. The molecule has 1 fully saturated rings. The maximum atomic E-state index is 13.1. The number of rotatable bonds is 6. The highest BCUT2D eigenvalue weighted by atomic mass is 35.5. The second-order valence-electron chi connectivity index (χ2n) is 7.72. The number of carbonyl (C=O) groups excluding carboxylic acids is 1. The molecule has 3 aromatic rings. The molecule has 0 bridgehead atoms. The van der Waals surface area contributed by atoms with Gasteiger partial charge in [0.05, 0.1) is 17.1 Å². The van der Waals surface area contributed by atoms with Gasteiger partial charge in [-0.2, -0.15) is 4.98 Å². The maximum absolute atomic E-state index is 13.1.